The fourth-order valence-electron chi connectivity index (χ4n) is 2.35. The van der Waals surface area contributed by atoms with Gasteiger partial charge in [-0.05, 0) is 51.7 Å². The van der Waals surface area contributed by atoms with E-state index in [4.69, 9.17) is 0 Å². The number of benzene rings is 1. The zero-order valence-corrected chi connectivity index (χ0v) is 13.2. The molecule has 1 aliphatic carbocycles. The molecule has 2 aromatic rings. The van der Waals surface area contributed by atoms with Crippen LogP contribution in [0.1, 0.15) is 29.9 Å². The predicted molar refractivity (Wildman–Crippen MR) is 85.9 cm³/mol. The second-order valence-corrected chi connectivity index (χ2v) is 6.84. The summed E-state index contributed by atoms with van der Waals surface area (Å²) in [5.74, 6) is 0.563. The molecule has 1 nitrogen and oxygen atoms in total. The average Bonchev–Trinajstić information content (AvgIpc) is 3.19. The molecule has 0 amide bonds. The Morgan fingerprint density at radius 3 is 2.63 bits per heavy atom. The van der Waals surface area contributed by atoms with Crippen molar-refractivity contribution in [2.45, 2.75) is 31.2 Å². The molecule has 0 radical (unpaired) electrons. The van der Waals surface area contributed by atoms with Crippen molar-refractivity contribution in [2.24, 2.45) is 0 Å². The quantitative estimate of drug-likeness (QED) is 0.814. The molecule has 1 aromatic carbocycles. The summed E-state index contributed by atoms with van der Waals surface area (Å²) < 4.78 is 1.25. The van der Waals surface area contributed by atoms with Crippen molar-refractivity contribution < 1.29 is 0 Å². The molecule has 3 rings (SSSR count). The molecule has 1 aromatic heterocycles. The second kappa shape index (κ2) is 6.21. The molecule has 1 saturated carbocycles. The molecular weight excluding hydrogens is 318 g/mol. The standard InChI is InChI=1S/C16H18BrNS/c17-16-11-19-10-14(16)8-13(9-18-15-6-7-15)12-4-2-1-3-5-12/h1-5,10-11,13,15,18H,6-9H2. The van der Waals surface area contributed by atoms with Crippen LogP contribution in [-0.2, 0) is 6.42 Å². The van der Waals surface area contributed by atoms with E-state index in [1.54, 1.807) is 11.3 Å². The van der Waals surface area contributed by atoms with Crippen LogP contribution in [0, 0.1) is 0 Å². The lowest BCUT2D eigenvalue weighted by Crippen LogP contribution is -2.24. The van der Waals surface area contributed by atoms with E-state index in [-0.39, 0.29) is 0 Å². The van der Waals surface area contributed by atoms with Gasteiger partial charge in [0.05, 0.1) is 0 Å². The Hall–Kier alpha value is -0.640. The second-order valence-electron chi connectivity index (χ2n) is 5.24. The van der Waals surface area contributed by atoms with Crippen molar-refractivity contribution in [1.82, 2.24) is 5.32 Å². The first-order valence-corrected chi connectivity index (χ1v) is 8.55. The van der Waals surface area contributed by atoms with Gasteiger partial charge in [0, 0.05) is 28.4 Å². The van der Waals surface area contributed by atoms with Crippen LogP contribution < -0.4 is 5.32 Å². The summed E-state index contributed by atoms with van der Waals surface area (Å²) in [4.78, 5) is 0. The molecule has 0 aliphatic heterocycles. The van der Waals surface area contributed by atoms with Gasteiger partial charge in [0.25, 0.3) is 0 Å². The molecule has 100 valence electrons. The molecular formula is C16H18BrNS. The van der Waals surface area contributed by atoms with E-state index in [0.717, 1.165) is 19.0 Å². The van der Waals surface area contributed by atoms with Crippen molar-refractivity contribution in [3.63, 3.8) is 0 Å². The van der Waals surface area contributed by atoms with Crippen LogP contribution in [0.4, 0.5) is 0 Å². The van der Waals surface area contributed by atoms with Gasteiger partial charge >= 0.3 is 0 Å². The molecule has 3 heteroatoms. The Kier molecular flexibility index (Phi) is 4.36. The highest BCUT2D eigenvalue weighted by Crippen LogP contribution is 2.29. The number of nitrogens with one attached hydrogen (secondary N) is 1. The molecule has 0 saturated heterocycles. The van der Waals surface area contributed by atoms with Crippen molar-refractivity contribution in [3.8, 4) is 0 Å². The van der Waals surface area contributed by atoms with Gasteiger partial charge in [-0.1, -0.05) is 30.3 Å². The van der Waals surface area contributed by atoms with Crippen LogP contribution in [0.25, 0.3) is 0 Å². The highest BCUT2D eigenvalue weighted by Gasteiger charge is 2.23. The smallest absolute Gasteiger partial charge is 0.0314 e. The summed E-state index contributed by atoms with van der Waals surface area (Å²) in [6.45, 7) is 1.08. The van der Waals surface area contributed by atoms with Crippen LogP contribution in [0.15, 0.2) is 45.6 Å². The maximum Gasteiger partial charge on any atom is 0.0314 e. The van der Waals surface area contributed by atoms with Crippen LogP contribution in [-0.4, -0.2) is 12.6 Å². The molecule has 19 heavy (non-hydrogen) atoms. The predicted octanol–water partition coefficient (Wildman–Crippen LogP) is 4.59. The van der Waals surface area contributed by atoms with Crippen LogP contribution in [0.2, 0.25) is 0 Å². The molecule has 1 aliphatic rings. The van der Waals surface area contributed by atoms with Crippen LogP contribution >= 0.6 is 27.3 Å². The van der Waals surface area contributed by atoms with Gasteiger partial charge in [-0.2, -0.15) is 11.3 Å². The molecule has 0 bridgehead atoms. The number of halogens is 1. The summed E-state index contributed by atoms with van der Waals surface area (Å²) in [6.07, 6.45) is 3.81. The third-order valence-corrected chi connectivity index (χ3v) is 5.49. The van der Waals surface area contributed by atoms with Crippen molar-refractivity contribution in [3.05, 3.63) is 56.7 Å². The van der Waals surface area contributed by atoms with Gasteiger partial charge in [0.15, 0.2) is 0 Å². The summed E-state index contributed by atoms with van der Waals surface area (Å²) in [6, 6.07) is 11.6. The largest absolute Gasteiger partial charge is 0.313 e. The molecule has 1 unspecified atom stereocenters. The number of thiophene rings is 1. The van der Waals surface area contributed by atoms with E-state index in [1.807, 2.05) is 0 Å². The van der Waals surface area contributed by atoms with E-state index >= 15 is 0 Å². The van der Waals surface area contributed by atoms with Gasteiger partial charge < -0.3 is 5.32 Å². The van der Waals surface area contributed by atoms with Crippen molar-refractivity contribution in [1.29, 1.82) is 0 Å². The normalized spacial score (nSPS) is 16.5. The Morgan fingerprint density at radius 2 is 2.00 bits per heavy atom. The lowest BCUT2D eigenvalue weighted by molar-refractivity contribution is 0.577. The monoisotopic (exact) mass is 335 g/mol. The Labute approximate surface area is 127 Å². The van der Waals surface area contributed by atoms with Crippen molar-refractivity contribution in [2.75, 3.05) is 6.54 Å². The van der Waals surface area contributed by atoms with E-state index in [1.165, 1.54) is 28.4 Å². The summed E-state index contributed by atoms with van der Waals surface area (Å²) in [5.41, 5.74) is 2.87. The van der Waals surface area contributed by atoms with Gasteiger partial charge in [-0.3, -0.25) is 0 Å². The Bertz CT molecular complexity index is 519. The van der Waals surface area contributed by atoms with Gasteiger partial charge in [0.2, 0.25) is 0 Å². The Balaban J connectivity index is 1.73. The van der Waals surface area contributed by atoms with Crippen LogP contribution in [0.3, 0.4) is 0 Å². The molecule has 1 fully saturated rings. The molecule has 1 atom stereocenters. The first kappa shape index (κ1) is 13.3. The van der Waals surface area contributed by atoms with Gasteiger partial charge in [-0.25, -0.2) is 0 Å². The minimum absolute atomic E-state index is 0.563. The first-order chi connectivity index (χ1) is 9.33. The summed E-state index contributed by atoms with van der Waals surface area (Å²) >= 11 is 5.42. The number of hydrogen-bond donors (Lipinski definition) is 1. The average molecular weight is 336 g/mol. The summed E-state index contributed by atoms with van der Waals surface area (Å²) in [7, 11) is 0. The van der Waals surface area contributed by atoms with E-state index < -0.39 is 0 Å². The molecule has 1 N–H and O–H groups in total. The fourth-order valence-corrected chi connectivity index (χ4v) is 3.83. The van der Waals surface area contributed by atoms with Crippen molar-refractivity contribution >= 4 is 27.3 Å². The number of rotatable bonds is 6. The minimum Gasteiger partial charge on any atom is -0.313 e. The van der Waals surface area contributed by atoms with Gasteiger partial charge in [0.1, 0.15) is 0 Å². The topological polar surface area (TPSA) is 12.0 Å². The fraction of sp³-hybridized carbons (Fsp3) is 0.375. The molecule has 0 spiro atoms. The zero-order valence-electron chi connectivity index (χ0n) is 10.8. The van der Waals surface area contributed by atoms with E-state index in [9.17, 15) is 0 Å². The van der Waals surface area contributed by atoms with Crippen LogP contribution in [0.5, 0.6) is 0 Å². The maximum absolute atomic E-state index is 3.68. The molecule has 1 heterocycles. The van der Waals surface area contributed by atoms with E-state index in [0.29, 0.717) is 5.92 Å². The zero-order chi connectivity index (χ0) is 13.1. The minimum atomic E-state index is 0.563. The van der Waals surface area contributed by atoms with E-state index in [2.05, 4.69) is 62.3 Å². The first-order valence-electron chi connectivity index (χ1n) is 6.82. The third-order valence-electron chi connectivity index (χ3n) is 3.66. The third kappa shape index (κ3) is 3.68. The highest BCUT2D eigenvalue weighted by atomic mass is 79.9. The lowest BCUT2D eigenvalue weighted by Gasteiger charge is -2.18. The maximum atomic E-state index is 3.68. The van der Waals surface area contributed by atoms with Gasteiger partial charge in [-0.15, -0.1) is 0 Å². The number of hydrogen-bond acceptors (Lipinski definition) is 2. The summed E-state index contributed by atoms with van der Waals surface area (Å²) in [5, 5.41) is 8.11. The lowest BCUT2D eigenvalue weighted by atomic mass is 9.93. The highest BCUT2D eigenvalue weighted by molar-refractivity contribution is 9.10. The SMILES string of the molecule is Brc1cscc1CC(CNC1CC1)c1ccccc1. The Morgan fingerprint density at radius 1 is 1.21 bits per heavy atom.